The van der Waals surface area contributed by atoms with Crippen LogP contribution in [0, 0.1) is 0 Å². The van der Waals surface area contributed by atoms with Gasteiger partial charge in [-0.2, -0.15) is 0 Å². The molecule has 5 aromatic rings. The van der Waals surface area contributed by atoms with E-state index in [9.17, 15) is 4.79 Å². The third kappa shape index (κ3) is 3.41. The van der Waals surface area contributed by atoms with Crippen molar-refractivity contribution in [2.45, 2.75) is 0 Å². The van der Waals surface area contributed by atoms with Crippen molar-refractivity contribution >= 4 is 34.0 Å². The molecule has 0 atom stereocenters. The molecule has 6 nitrogen and oxygen atoms in total. The highest BCUT2D eigenvalue weighted by atomic mass is 16.5. The van der Waals surface area contributed by atoms with E-state index in [1.807, 2.05) is 79.0 Å². The van der Waals surface area contributed by atoms with Crippen LogP contribution in [0.5, 0.6) is 11.5 Å². The molecule has 0 amide bonds. The first-order chi connectivity index (χ1) is 15.7. The lowest BCUT2D eigenvalue weighted by atomic mass is 10.1. The lowest BCUT2D eigenvalue weighted by Crippen LogP contribution is -2.22. The Hall–Kier alpha value is -4.32. The Morgan fingerprint density at radius 3 is 2.41 bits per heavy atom. The van der Waals surface area contributed by atoms with Crippen LogP contribution in [0.4, 0.5) is 0 Å². The minimum Gasteiger partial charge on any atom is -0.497 e. The van der Waals surface area contributed by atoms with Crippen molar-refractivity contribution in [3.63, 3.8) is 0 Å². The molecule has 2 heterocycles. The number of H-pyrrole nitrogens is 1. The predicted molar refractivity (Wildman–Crippen MR) is 128 cm³/mol. The van der Waals surface area contributed by atoms with E-state index in [4.69, 9.17) is 14.5 Å². The molecule has 0 unspecified atom stereocenters. The summed E-state index contributed by atoms with van der Waals surface area (Å²) in [6.07, 6.45) is 5.74. The second-order valence-corrected chi connectivity index (χ2v) is 7.31. The van der Waals surface area contributed by atoms with Crippen LogP contribution in [0.1, 0.15) is 11.4 Å². The van der Waals surface area contributed by atoms with Gasteiger partial charge in [0, 0.05) is 22.7 Å². The van der Waals surface area contributed by atoms with Crippen molar-refractivity contribution < 1.29 is 9.47 Å². The Balaban J connectivity index is 1.68. The van der Waals surface area contributed by atoms with E-state index >= 15 is 0 Å². The molecular weight excluding hydrogens is 402 g/mol. The van der Waals surface area contributed by atoms with E-state index in [0.29, 0.717) is 22.4 Å². The molecule has 0 saturated carbocycles. The predicted octanol–water partition coefficient (Wildman–Crippen LogP) is 5.05. The molecule has 0 radical (unpaired) electrons. The Bertz CT molecular complexity index is 1510. The van der Waals surface area contributed by atoms with E-state index in [0.717, 1.165) is 28.0 Å². The SMILES string of the molecule is COc1ccc(-n2c(/C=C/c3c[nH]c4ccc(OC)cc34)nc3ccccc3c2=O)cc1. The van der Waals surface area contributed by atoms with Crippen LogP contribution in [-0.4, -0.2) is 28.8 Å². The summed E-state index contributed by atoms with van der Waals surface area (Å²) in [4.78, 5) is 21.4. The smallest absolute Gasteiger partial charge is 0.266 e. The highest BCUT2D eigenvalue weighted by Crippen LogP contribution is 2.25. The van der Waals surface area contributed by atoms with Gasteiger partial charge in [-0.05, 0) is 66.7 Å². The minimum absolute atomic E-state index is 0.124. The fourth-order valence-corrected chi connectivity index (χ4v) is 3.79. The van der Waals surface area contributed by atoms with Crippen LogP contribution in [0.2, 0.25) is 0 Å². The molecule has 0 aliphatic carbocycles. The van der Waals surface area contributed by atoms with E-state index in [2.05, 4.69) is 4.98 Å². The maximum atomic E-state index is 13.4. The zero-order valence-corrected chi connectivity index (χ0v) is 17.7. The van der Waals surface area contributed by atoms with Gasteiger partial charge in [0.05, 0.1) is 30.8 Å². The monoisotopic (exact) mass is 423 g/mol. The number of nitrogens with one attached hydrogen (secondary N) is 1. The number of methoxy groups -OCH3 is 2. The van der Waals surface area contributed by atoms with Gasteiger partial charge in [-0.25, -0.2) is 4.98 Å². The number of aromatic amines is 1. The van der Waals surface area contributed by atoms with Gasteiger partial charge in [0.2, 0.25) is 0 Å². The van der Waals surface area contributed by atoms with Crippen LogP contribution in [0.25, 0.3) is 39.6 Å². The van der Waals surface area contributed by atoms with Crippen LogP contribution in [0.3, 0.4) is 0 Å². The largest absolute Gasteiger partial charge is 0.497 e. The molecule has 0 spiro atoms. The summed E-state index contributed by atoms with van der Waals surface area (Å²) in [5.41, 5.74) is 3.23. The van der Waals surface area contributed by atoms with Crippen molar-refractivity contribution in [1.82, 2.24) is 14.5 Å². The van der Waals surface area contributed by atoms with E-state index in [1.54, 1.807) is 24.9 Å². The van der Waals surface area contributed by atoms with Crippen molar-refractivity contribution in [3.8, 4) is 17.2 Å². The molecule has 0 aliphatic heterocycles. The third-order valence-electron chi connectivity index (χ3n) is 5.47. The third-order valence-corrected chi connectivity index (χ3v) is 5.47. The maximum absolute atomic E-state index is 13.4. The fraction of sp³-hybridized carbons (Fsp3) is 0.0769. The molecule has 32 heavy (non-hydrogen) atoms. The normalized spacial score (nSPS) is 11.4. The highest BCUT2D eigenvalue weighted by Gasteiger charge is 2.11. The number of nitrogens with zero attached hydrogens (tertiary/aromatic N) is 2. The zero-order valence-electron chi connectivity index (χ0n) is 17.7. The fourth-order valence-electron chi connectivity index (χ4n) is 3.79. The second kappa shape index (κ2) is 8.07. The van der Waals surface area contributed by atoms with Gasteiger partial charge >= 0.3 is 0 Å². The van der Waals surface area contributed by atoms with Gasteiger partial charge in [-0.1, -0.05) is 12.1 Å². The first-order valence-electron chi connectivity index (χ1n) is 10.2. The van der Waals surface area contributed by atoms with Crippen molar-refractivity contribution in [1.29, 1.82) is 0 Å². The van der Waals surface area contributed by atoms with Gasteiger partial charge in [-0.15, -0.1) is 0 Å². The van der Waals surface area contributed by atoms with Crippen LogP contribution >= 0.6 is 0 Å². The Morgan fingerprint density at radius 2 is 1.62 bits per heavy atom. The van der Waals surface area contributed by atoms with Gasteiger partial charge in [0.25, 0.3) is 5.56 Å². The molecule has 0 aliphatic rings. The number of benzene rings is 3. The molecule has 3 aromatic carbocycles. The molecule has 0 bridgehead atoms. The summed E-state index contributed by atoms with van der Waals surface area (Å²) in [5.74, 6) is 2.04. The molecule has 6 heteroatoms. The molecule has 2 aromatic heterocycles. The Morgan fingerprint density at radius 1 is 0.875 bits per heavy atom. The topological polar surface area (TPSA) is 69.1 Å². The Labute approximate surface area is 184 Å². The number of ether oxygens (including phenoxy) is 2. The lowest BCUT2D eigenvalue weighted by molar-refractivity contribution is 0.414. The summed E-state index contributed by atoms with van der Waals surface area (Å²) < 4.78 is 12.2. The summed E-state index contributed by atoms with van der Waals surface area (Å²) >= 11 is 0. The number of hydrogen-bond donors (Lipinski definition) is 1. The number of rotatable bonds is 5. The first-order valence-corrected chi connectivity index (χ1v) is 10.2. The number of fused-ring (bicyclic) bond motifs is 2. The quantitative estimate of drug-likeness (QED) is 0.429. The first kappa shape index (κ1) is 19.6. The summed E-state index contributed by atoms with van der Waals surface area (Å²) in [5, 5.41) is 1.59. The summed E-state index contributed by atoms with van der Waals surface area (Å²) in [6.45, 7) is 0. The van der Waals surface area contributed by atoms with Gasteiger partial charge in [0.15, 0.2) is 0 Å². The van der Waals surface area contributed by atoms with Crippen LogP contribution in [-0.2, 0) is 0 Å². The van der Waals surface area contributed by atoms with E-state index < -0.39 is 0 Å². The molecule has 0 fully saturated rings. The minimum atomic E-state index is -0.124. The van der Waals surface area contributed by atoms with Crippen molar-refractivity contribution in [2.24, 2.45) is 0 Å². The molecular formula is C26H21N3O3. The van der Waals surface area contributed by atoms with Gasteiger partial charge in [-0.3, -0.25) is 9.36 Å². The van der Waals surface area contributed by atoms with Crippen molar-refractivity contribution in [3.05, 3.63) is 94.7 Å². The second-order valence-electron chi connectivity index (χ2n) is 7.31. The van der Waals surface area contributed by atoms with Crippen LogP contribution in [0.15, 0.2) is 77.7 Å². The average Bonchev–Trinajstić information content (AvgIpc) is 3.25. The standard InChI is InChI=1S/C26H21N3O3/c1-31-19-10-8-18(9-11-19)29-25(28-24-6-4-3-5-21(24)26(29)30)14-7-17-16-27-23-13-12-20(32-2)15-22(17)23/h3-16,27H,1-2H3/b14-7+. The lowest BCUT2D eigenvalue weighted by Gasteiger charge is -2.12. The van der Waals surface area contributed by atoms with Crippen molar-refractivity contribution in [2.75, 3.05) is 14.2 Å². The number of para-hydroxylation sites is 1. The van der Waals surface area contributed by atoms with E-state index in [-0.39, 0.29) is 5.56 Å². The zero-order chi connectivity index (χ0) is 22.1. The van der Waals surface area contributed by atoms with E-state index in [1.165, 1.54) is 0 Å². The molecule has 158 valence electrons. The Kier molecular flexibility index (Phi) is 4.95. The van der Waals surface area contributed by atoms with Gasteiger partial charge < -0.3 is 14.5 Å². The maximum Gasteiger partial charge on any atom is 0.266 e. The summed E-state index contributed by atoms with van der Waals surface area (Å²) in [6, 6.07) is 20.6. The molecule has 1 N–H and O–H groups in total. The number of aromatic nitrogens is 3. The van der Waals surface area contributed by atoms with Crippen LogP contribution < -0.4 is 15.0 Å². The summed E-state index contributed by atoms with van der Waals surface area (Å²) in [7, 11) is 3.26. The highest BCUT2D eigenvalue weighted by molar-refractivity contribution is 5.92. The molecule has 0 saturated heterocycles. The molecule has 5 rings (SSSR count). The number of hydrogen-bond acceptors (Lipinski definition) is 4. The van der Waals surface area contributed by atoms with Gasteiger partial charge in [0.1, 0.15) is 17.3 Å². The average molecular weight is 423 g/mol.